The highest BCUT2D eigenvalue weighted by atomic mass is 35.5. The Labute approximate surface area is 124 Å². The molecule has 0 aliphatic rings. The Bertz CT molecular complexity index is 669. The minimum absolute atomic E-state index is 0.0312. The third-order valence-corrected chi connectivity index (χ3v) is 3.79. The number of carbonyl (C=O) groups is 2. The standard InChI is InChI=1S/C13H11ClN2O3S/c1-7-2-3-8(4-9(7)14)15-11(17)5-12-16-10(6-20-12)13(18)19/h2-4,6H,5H2,1H3,(H,15,17)(H,18,19). The molecule has 2 rings (SSSR count). The van der Waals surface area contributed by atoms with E-state index in [2.05, 4.69) is 10.3 Å². The fraction of sp³-hybridized carbons (Fsp3) is 0.154. The van der Waals surface area contributed by atoms with Gasteiger partial charge in [-0.25, -0.2) is 9.78 Å². The number of carboxylic acids is 1. The highest BCUT2D eigenvalue weighted by Gasteiger charge is 2.12. The van der Waals surface area contributed by atoms with Gasteiger partial charge in [-0.1, -0.05) is 17.7 Å². The first-order valence-corrected chi connectivity index (χ1v) is 6.95. The summed E-state index contributed by atoms with van der Waals surface area (Å²) in [6.07, 6.45) is 0.0312. The first-order chi connectivity index (χ1) is 9.45. The molecular formula is C13H11ClN2O3S. The summed E-state index contributed by atoms with van der Waals surface area (Å²) in [5.74, 6) is -1.37. The molecule has 0 aliphatic heterocycles. The number of nitrogens with one attached hydrogen (secondary N) is 1. The van der Waals surface area contributed by atoms with Crippen LogP contribution in [0, 0.1) is 6.92 Å². The molecule has 0 aliphatic carbocycles. The summed E-state index contributed by atoms with van der Waals surface area (Å²) in [6, 6.07) is 5.23. The number of halogens is 1. The summed E-state index contributed by atoms with van der Waals surface area (Å²) in [7, 11) is 0. The van der Waals surface area contributed by atoms with E-state index >= 15 is 0 Å². The summed E-state index contributed by atoms with van der Waals surface area (Å²) in [5, 5.41) is 13.9. The summed E-state index contributed by atoms with van der Waals surface area (Å²) in [5.41, 5.74) is 1.48. The number of nitrogens with zero attached hydrogens (tertiary/aromatic N) is 1. The number of carbonyl (C=O) groups excluding carboxylic acids is 1. The first-order valence-electron chi connectivity index (χ1n) is 5.69. The van der Waals surface area contributed by atoms with E-state index in [0.717, 1.165) is 16.9 Å². The lowest BCUT2D eigenvalue weighted by atomic mass is 10.2. The first kappa shape index (κ1) is 14.5. The molecule has 20 heavy (non-hydrogen) atoms. The fourth-order valence-electron chi connectivity index (χ4n) is 1.50. The van der Waals surface area contributed by atoms with E-state index in [1.165, 1.54) is 5.38 Å². The van der Waals surface area contributed by atoms with Gasteiger partial charge in [0.15, 0.2) is 5.69 Å². The van der Waals surface area contributed by atoms with Crippen molar-refractivity contribution in [2.75, 3.05) is 5.32 Å². The number of amides is 1. The van der Waals surface area contributed by atoms with Gasteiger partial charge in [-0.05, 0) is 24.6 Å². The second kappa shape index (κ2) is 6.02. The highest BCUT2D eigenvalue weighted by molar-refractivity contribution is 7.09. The smallest absolute Gasteiger partial charge is 0.355 e. The van der Waals surface area contributed by atoms with Gasteiger partial charge < -0.3 is 10.4 Å². The molecule has 0 saturated heterocycles. The van der Waals surface area contributed by atoms with Crippen molar-refractivity contribution in [3.8, 4) is 0 Å². The van der Waals surface area contributed by atoms with Crippen LogP contribution in [0.5, 0.6) is 0 Å². The van der Waals surface area contributed by atoms with Crippen LogP contribution in [-0.4, -0.2) is 22.0 Å². The summed E-state index contributed by atoms with van der Waals surface area (Å²) in [4.78, 5) is 26.4. The van der Waals surface area contributed by atoms with Crippen molar-refractivity contribution in [2.45, 2.75) is 13.3 Å². The van der Waals surface area contributed by atoms with Crippen molar-refractivity contribution in [1.82, 2.24) is 4.98 Å². The predicted molar refractivity (Wildman–Crippen MR) is 77.6 cm³/mol. The zero-order valence-corrected chi connectivity index (χ0v) is 12.1. The van der Waals surface area contributed by atoms with Crippen molar-refractivity contribution >= 4 is 40.5 Å². The Morgan fingerprint density at radius 3 is 2.80 bits per heavy atom. The van der Waals surface area contributed by atoms with Gasteiger partial charge in [-0.3, -0.25) is 4.79 Å². The van der Waals surface area contributed by atoms with E-state index < -0.39 is 5.97 Å². The minimum atomic E-state index is -1.10. The number of aryl methyl sites for hydroxylation is 1. The van der Waals surface area contributed by atoms with Crippen molar-refractivity contribution in [3.63, 3.8) is 0 Å². The molecule has 0 fully saturated rings. The number of carboxylic acid groups (broad SMARTS) is 1. The maximum Gasteiger partial charge on any atom is 0.355 e. The zero-order chi connectivity index (χ0) is 14.7. The Morgan fingerprint density at radius 2 is 2.20 bits per heavy atom. The third-order valence-electron chi connectivity index (χ3n) is 2.54. The lowest BCUT2D eigenvalue weighted by Gasteiger charge is -2.05. The molecule has 2 N–H and O–H groups in total. The molecule has 0 bridgehead atoms. The molecule has 0 radical (unpaired) electrons. The van der Waals surface area contributed by atoms with Crippen LogP contribution in [0.25, 0.3) is 0 Å². The lowest BCUT2D eigenvalue weighted by Crippen LogP contribution is -2.14. The monoisotopic (exact) mass is 310 g/mol. The lowest BCUT2D eigenvalue weighted by molar-refractivity contribution is -0.115. The number of benzene rings is 1. The molecule has 0 atom stereocenters. The van der Waals surface area contributed by atoms with Crippen LogP contribution in [0.2, 0.25) is 5.02 Å². The Morgan fingerprint density at radius 1 is 1.45 bits per heavy atom. The summed E-state index contributed by atoms with van der Waals surface area (Å²) < 4.78 is 0. The minimum Gasteiger partial charge on any atom is -0.476 e. The Hall–Kier alpha value is -1.92. The number of anilines is 1. The van der Waals surface area contributed by atoms with Crippen molar-refractivity contribution < 1.29 is 14.7 Å². The van der Waals surface area contributed by atoms with Crippen LogP contribution in [0.1, 0.15) is 21.1 Å². The summed E-state index contributed by atoms with van der Waals surface area (Å²) in [6.45, 7) is 1.87. The molecule has 7 heteroatoms. The molecule has 1 heterocycles. The van der Waals surface area contributed by atoms with Crippen LogP contribution in [0.3, 0.4) is 0 Å². The number of rotatable bonds is 4. The quantitative estimate of drug-likeness (QED) is 0.910. The fourth-order valence-corrected chi connectivity index (χ4v) is 2.45. The van der Waals surface area contributed by atoms with Crippen molar-refractivity contribution in [3.05, 3.63) is 44.9 Å². The molecule has 0 unspecified atom stereocenters. The van der Waals surface area contributed by atoms with Crippen LogP contribution in [0.4, 0.5) is 5.69 Å². The van der Waals surface area contributed by atoms with Crippen LogP contribution < -0.4 is 5.32 Å². The maximum atomic E-state index is 11.8. The SMILES string of the molecule is Cc1ccc(NC(=O)Cc2nc(C(=O)O)cs2)cc1Cl. The molecule has 2 aromatic rings. The zero-order valence-electron chi connectivity index (χ0n) is 10.5. The molecule has 104 valence electrons. The molecule has 1 aromatic heterocycles. The molecule has 0 spiro atoms. The van der Waals surface area contributed by atoms with E-state index in [-0.39, 0.29) is 18.0 Å². The normalized spacial score (nSPS) is 10.3. The van der Waals surface area contributed by atoms with E-state index in [9.17, 15) is 9.59 Å². The van der Waals surface area contributed by atoms with E-state index in [4.69, 9.17) is 16.7 Å². The largest absolute Gasteiger partial charge is 0.476 e. The van der Waals surface area contributed by atoms with Crippen LogP contribution >= 0.6 is 22.9 Å². The number of aromatic carboxylic acids is 1. The van der Waals surface area contributed by atoms with Gasteiger partial charge >= 0.3 is 5.97 Å². The molecule has 0 saturated carbocycles. The van der Waals surface area contributed by atoms with Gasteiger partial charge in [0.25, 0.3) is 0 Å². The number of aromatic nitrogens is 1. The van der Waals surface area contributed by atoms with Crippen LogP contribution in [0.15, 0.2) is 23.6 Å². The van der Waals surface area contributed by atoms with Gasteiger partial charge in [-0.15, -0.1) is 11.3 Å². The molecule has 5 nitrogen and oxygen atoms in total. The Balaban J connectivity index is 2.01. The highest BCUT2D eigenvalue weighted by Crippen LogP contribution is 2.20. The van der Waals surface area contributed by atoms with Crippen molar-refractivity contribution in [2.24, 2.45) is 0 Å². The van der Waals surface area contributed by atoms with Gasteiger partial charge in [0, 0.05) is 16.1 Å². The van der Waals surface area contributed by atoms with Gasteiger partial charge in [0.1, 0.15) is 5.01 Å². The topological polar surface area (TPSA) is 79.3 Å². The second-order valence-corrected chi connectivity index (χ2v) is 5.47. The van der Waals surface area contributed by atoms with Gasteiger partial charge in [0.05, 0.1) is 6.42 Å². The predicted octanol–water partition coefficient (Wildman–Crippen LogP) is 2.98. The molecule has 1 amide bonds. The van der Waals surface area contributed by atoms with E-state index in [0.29, 0.717) is 15.7 Å². The number of hydrogen-bond acceptors (Lipinski definition) is 4. The molecule has 1 aromatic carbocycles. The van der Waals surface area contributed by atoms with E-state index in [1.54, 1.807) is 12.1 Å². The van der Waals surface area contributed by atoms with Crippen LogP contribution in [-0.2, 0) is 11.2 Å². The third kappa shape index (κ3) is 3.55. The van der Waals surface area contributed by atoms with E-state index in [1.807, 2.05) is 13.0 Å². The summed E-state index contributed by atoms with van der Waals surface area (Å²) >= 11 is 7.11. The average Bonchev–Trinajstić information content (AvgIpc) is 2.82. The number of thiazole rings is 1. The van der Waals surface area contributed by atoms with Gasteiger partial charge in [-0.2, -0.15) is 0 Å². The Kier molecular flexibility index (Phi) is 4.36. The van der Waals surface area contributed by atoms with Crippen molar-refractivity contribution in [1.29, 1.82) is 0 Å². The average molecular weight is 311 g/mol. The second-order valence-electron chi connectivity index (χ2n) is 4.12. The maximum absolute atomic E-state index is 11.8. The molecular weight excluding hydrogens is 300 g/mol. The number of hydrogen-bond donors (Lipinski definition) is 2. The van der Waals surface area contributed by atoms with Gasteiger partial charge in [0.2, 0.25) is 5.91 Å².